The summed E-state index contributed by atoms with van der Waals surface area (Å²) in [6, 6.07) is 0.709. The van der Waals surface area contributed by atoms with Crippen LogP contribution >= 0.6 is 0 Å². The van der Waals surface area contributed by atoms with E-state index in [1.165, 1.54) is 0 Å². The summed E-state index contributed by atoms with van der Waals surface area (Å²) >= 11 is 0. The predicted molar refractivity (Wildman–Crippen MR) is 133 cm³/mol. The summed E-state index contributed by atoms with van der Waals surface area (Å²) in [6.45, 7) is 23.8. The van der Waals surface area contributed by atoms with Gasteiger partial charge in [-0.15, -0.1) is 0 Å². The summed E-state index contributed by atoms with van der Waals surface area (Å²) in [5, 5.41) is 10.0. The van der Waals surface area contributed by atoms with E-state index in [1.54, 1.807) is 0 Å². The van der Waals surface area contributed by atoms with Crippen molar-refractivity contribution in [1.82, 2.24) is 0 Å². The molecule has 0 fully saturated rings. The van der Waals surface area contributed by atoms with E-state index in [4.69, 9.17) is 22.8 Å². The molecule has 0 aliphatic carbocycles. The molecule has 0 saturated carbocycles. The number of rotatable bonds is 16. The summed E-state index contributed by atoms with van der Waals surface area (Å²) in [4.78, 5) is 11.0. The van der Waals surface area contributed by atoms with Crippen LogP contribution in [0.15, 0.2) is 12.2 Å². The van der Waals surface area contributed by atoms with Gasteiger partial charge < -0.3 is 27.9 Å². The molecule has 0 aliphatic rings. The maximum Gasteiger partial charge on any atom is 0.469 e. The Morgan fingerprint density at radius 2 is 1.37 bits per heavy atom. The first kappa shape index (κ1) is 29.9. The van der Waals surface area contributed by atoms with E-state index in [9.17, 15) is 9.90 Å². The predicted octanol–water partition coefficient (Wildman–Crippen LogP) is 4.07. The Morgan fingerprint density at radius 3 is 1.73 bits per heavy atom. The van der Waals surface area contributed by atoms with E-state index in [2.05, 4.69) is 65.5 Å². The number of carbonyl (C=O) groups is 1. The highest BCUT2D eigenvalue weighted by Crippen LogP contribution is 2.29. The highest BCUT2D eigenvalue weighted by molar-refractivity contribution is 6.90. The molecular weight excluding hydrogens is 451 g/mol. The molecule has 0 aliphatic heterocycles. The van der Waals surface area contributed by atoms with E-state index in [1.807, 2.05) is 0 Å². The van der Waals surface area contributed by atoms with Gasteiger partial charge in [0.05, 0.1) is 12.7 Å². The van der Waals surface area contributed by atoms with Gasteiger partial charge in [0.2, 0.25) is 5.91 Å². The number of hydrogen-bond acceptors (Lipinski definition) is 6. The highest BCUT2D eigenvalue weighted by Gasteiger charge is 2.49. The molecule has 1 atom stereocenters. The van der Waals surface area contributed by atoms with Crippen LogP contribution in [0.3, 0.4) is 0 Å². The molecule has 0 spiro atoms. The summed E-state index contributed by atoms with van der Waals surface area (Å²) < 4.78 is 25.6. The number of nitrogens with two attached hydrogens (primary N) is 1. The minimum atomic E-state index is -2.84. The van der Waals surface area contributed by atoms with Gasteiger partial charge in [0.1, 0.15) is 0 Å². The fourth-order valence-electron chi connectivity index (χ4n) is 2.77. The zero-order valence-electron chi connectivity index (χ0n) is 20.6. The Hall–Kier alpha value is -0.122. The molecule has 3 N–H and O–H groups in total. The summed E-state index contributed by atoms with van der Waals surface area (Å²) in [5.74, 6) is -0.531. The van der Waals surface area contributed by atoms with Crippen molar-refractivity contribution in [2.24, 2.45) is 5.73 Å². The third-order valence-corrected chi connectivity index (χ3v) is 15.6. The Labute approximate surface area is 188 Å². The monoisotopic (exact) mass is 495 g/mol. The highest BCUT2D eigenvalue weighted by atomic mass is 28.5. The average molecular weight is 496 g/mol. The maximum absolute atomic E-state index is 11.0. The van der Waals surface area contributed by atoms with E-state index in [-0.39, 0.29) is 6.61 Å². The molecule has 11 heteroatoms. The van der Waals surface area contributed by atoms with Crippen LogP contribution in [-0.2, 0) is 21.9 Å². The van der Waals surface area contributed by atoms with Crippen molar-refractivity contribution in [3.05, 3.63) is 12.2 Å². The molecule has 0 radical (unpaired) electrons. The largest absolute Gasteiger partial charge is 0.469 e. The zero-order valence-corrected chi connectivity index (χ0v) is 24.6. The lowest BCUT2D eigenvalue weighted by Crippen LogP contribution is -2.60. The minimum Gasteiger partial charge on any atom is -0.417 e. The Morgan fingerprint density at radius 1 is 0.933 bits per heavy atom. The first-order chi connectivity index (χ1) is 13.3. The van der Waals surface area contributed by atoms with Crippen LogP contribution in [0.5, 0.6) is 0 Å². The summed E-state index contributed by atoms with van der Waals surface area (Å²) in [5.41, 5.74) is 5.48. The van der Waals surface area contributed by atoms with Crippen LogP contribution in [-0.4, -0.2) is 64.1 Å². The molecule has 1 unspecified atom stereocenters. The normalized spacial score (nSPS) is 14.6. The summed E-state index contributed by atoms with van der Waals surface area (Å²) in [6.07, 6.45) is 0.856. The fraction of sp³-hybridized carbons (Fsp3) is 0.842. The van der Waals surface area contributed by atoms with Gasteiger partial charge in [-0.25, -0.2) is 0 Å². The third kappa shape index (κ3) is 15.6. The van der Waals surface area contributed by atoms with Crippen LogP contribution in [0.1, 0.15) is 19.3 Å². The lowest BCUT2D eigenvalue weighted by Gasteiger charge is -2.42. The minimum absolute atomic E-state index is 0.208. The van der Waals surface area contributed by atoms with Gasteiger partial charge in [-0.2, -0.15) is 0 Å². The van der Waals surface area contributed by atoms with Gasteiger partial charge in [0.25, 0.3) is 0 Å². The van der Waals surface area contributed by atoms with Gasteiger partial charge in [0, 0.05) is 18.2 Å². The van der Waals surface area contributed by atoms with Crippen molar-refractivity contribution in [2.75, 3.05) is 13.2 Å². The van der Waals surface area contributed by atoms with Crippen LogP contribution in [0, 0.1) is 0 Å². The number of primary amides is 1. The SMILES string of the molecule is C=C(CCC(O)COCCC[Si](O[Si](C)(C)C)(O[Si](C)(C)C)O[Si](C)(C)C)C(N)=O. The van der Waals surface area contributed by atoms with Gasteiger partial charge in [-0.3, -0.25) is 4.79 Å². The molecule has 30 heavy (non-hydrogen) atoms. The molecule has 0 bridgehead atoms. The van der Waals surface area contributed by atoms with E-state index in [0.717, 1.165) is 6.42 Å². The zero-order chi connectivity index (χ0) is 23.8. The first-order valence-corrected chi connectivity index (χ1v) is 22.8. The molecule has 0 aromatic rings. The fourth-order valence-corrected chi connectivity index (χ4v) is 17.4. The number of ether oxygens (including phenoxy) is 1. The lowest BCUT2D eigenvalue weighted by molar-refractivity contribution is -0.114. The summed E-state index contributed by atoms with van der Waals surface area (Å²) in [7, 11) is -8.48. The number of amides is 1. The average Bonchev–Trinajstić information content (AvgIpc) is 2.46. The first-order valence-electron chi connectivity index (χ1n) is 10.7. The lowest BCUT2D eigenvalue weighted by atomic mass is 10.1. The van der Waals surface area contributed by atoms with E-state index < -0.39 is 45.8 Å². The quantitative estimate of drug-likeness (QED) is 0.190. The van der Waals surface area contributed by atoms with Gasteiger partial charge in [0.15, 0.2) is 25.0 Å². The molecule has 1 amide bonds. The van der Waals surface area contributed by atoms with Crippen LogP contribution in [0.2, 0.25) is 65.0 Å². The number of carbonyl (C=O) groups excluding carboxylic acids is 1. The smallest absolute Gasteiger partial charge is 0.417 e. The Balaban J connectivity index is 4.88. The van der Waals surface area contributed by atoms with Gasteiger partial charge >= 0.3 is 8.80 Å². The number of aliphatic hydroxyl groups is 1. The Bertz CT molecular complexity index is 514. The van der Waals surface area contributed by atoms with Crippen LogP contribution in [0.25, 0.3) is 0 Å². The van der Waals surface area contributed by atoms with Crippen LogP contribution < -0.4 is 5.73 Å². The van der Waals surface area contributed by atoms with Gasteiger partial charge in [-0.05, 0) is 78.2 Å². The van der Waals surface area contributed by atoms with Crippen LogP contribution in [0.4, 0.5) is 0 Å². The van der Waals surface area contributed by atoms with E-state index in [0.29, 0.717) is 31.1 Å². The van der Waals surface area contributed by atoms with Crippen molar-refractivity contribution < 1.29 is 27.0 Å². The van der Waals surface area contributed by atoms with Crippen molar-refractivity contribution in [3.8, 4) is 0 Å². The molecule has 178 valence electrons. The number of hydrogen-bond donors (Lipinski definition) is 2. The van der Waals surface area contributed by atoms with Crippen molar-refractivity contribution in [3.63, 3.8) is 0 Å². The molecule has 0 aromatic carbocycles. The third-order valence-electron chi connectivity index (χ3n) is 3.59. The molecule has 0 heterocycles. The van der Waals surface area contributed by atoms with E-state index >= 15 is 0 Å². The Kier molecular flexibility index (Phi) is 12.2. The van der Waals surface area contributed by atoms with Crippen molar-refractivity contribution >= 4 is 39.7 Å². The molecule has 0 aromatic heterocycles. The van der Waals surface area contributed by atoms with Gasteiger partial charge in [-0.1, -0.05) is 6.58 Å². The second-order valence-corrected chi connectivity index (χ2v) is 27.7. The second kappa shape index (κ2) is 12.2. The second-order valence-electron chi connectivity index (χ2n) is 10.7. The van der Waals surface area contributed by atoms with Crippen molar-refractivity contribution in [2.45, 2.75) is 90.3 Å². The standard InChI is InChI=1S/C19H45NO6Si4/c1-17(19(20)22)12-13-18(21)16-23-14-11-15-30(24-27(2,3)4,25-28(5,6)7)26-29(8,9)10/h18,21H,1,11-16H2,2-10H3,(H2,20,22). The number of aliphatic hydroxyl groups excluding tert-OH is 1. The maximum atomic E-state index is 11.0. The topological polar surface area (TPSA) is 100 Å². The van der Waals surface area contributed by atoms with Crippen molar-refractivity contribution in [1.29, 1.82) is 0 Å². The molecule has 7 nitrogen and oxygen atoms in total. The molecule has 0 rings (SSSR count). The molecule has 0 saturated heterocycles. The molecular formula is C19H45NO6Si4.